The standard InChI is InChI=1S/C16H19N3O5/c1-10-2-3-11(24-7-6-17)8-12(10)16(23)19(9-20)13-4-5-14(21)18-15(13)22/h2-3,8-9,13H,4-7,17H2,1H3,(H,18,21,22). The number of nitrogens with two attached hydrogens (primary N) is 1. The maximum atomic E-state index is 12.7. The predicted molar refractivity (Wildman–Crippen MR) is 84.1 cm³/mol. The van der Waals surface area contributed by atoms with Crippen molar-refractivity contribution in [3.05, 3.63) is 29.3 Å². The summed E-state index contributed by atoms with van der Waals surface area (Å²) in [5.41, 5.74) is 6.27. The summed E-state index contributed by atoms with van der Waals surface area (Å²) in [5, 5.41) is 2.14. The average Bonchev–Trinajstić information content (AvgIpc) is 2.56. The number of carbonyl (C=O) groups is 4. The number of ether oxygens (including phenoxy) is 1. The minimum Gasteiger partial charge on any atom is -0.492 e. The van der Waals surface area contributed by atoms with Gasteiger partial charge in [-0.2, -0.15) is 0 Å². The van der Waals surface area contributed by atoms with Crippen molar-refractivity contribution < 1.29 is 23.9 Å². The van der Waals surface area contributed by atoms with Crippen LogP contribution in [-0.4, -0.2) is 48.2 Å². The first-order chi connectivity index (χ1) is 11.5. The van der Waals surface area contributed by atoms with E-state index in [2.05, 4.69) is 5.32 Å². The largest absolute Gasteiger partial charge is 0.492 e. The Morgan fingerprint density at radius 3 is 2.83 bits per heavy atom. The van der Waals surface area contributed by atoms with Crippen LogP contribution in [0.3, 0.4) is 0 Å². The van der Waals surface area contributed by atoms with Crippen LogP contribution in [0.1, 0.15) is 28.8 Å². The third-order valence-corrected chi connectivity index (χ3v) is 3.72. The molecule has 0 saturated carbocycles. The Hall–Kier alpha value is -2.74. The fourth-order valence-electron chi connectivity index (χ4n) is 2.45. The van der Waals surface area contributed by atoms with E-state index in [0.29, 0.717) is 30.9 Å². The van der Waals surface area contributed by atoms with Crippen LogP contribution in [0.25, 0.3) is 0 Å². The molecule has 1 aromatic carbocycles. The van der Waals surface area contributed by atoms with E-state index in [1.165, 1.54) is 6.07 Å². The average molecular weight is 333 g/mol. The Balaban J connectivity index is 2.26. The van der Waals surface area contributed by atoms with Crippen molar-refractivity contribution in [1.82, 2.24) is 10.2 Å². The normalized spacial score (nSPS) is 17.2. The number of nitrogens with zero attached hydrogens (tertiary/aromatic N) is 1. The highest BCUT2D eigenvalue weighted by atomic mass is 16.5. The Morgan fingerprint density at radius 2 is 2.21 bits per heavy atom. The van der Waals surface area contributed by atoms with Gasteiger partial charge in [0.1, 0.15) is 18.4 Å². The zero-order chi connectivity index (χ0) is 17.7. The van der Waals surface area contributed by atoms with Crippen molar-refractivity contribution in [2.45, 2.75) is 25.8 Å². The summed E-state index contributed by atoms with van der Waals surface area (Å²) in [5.74, 6) is -1.23. The van der Waals surface area contributed by atoms with E-state index in [1.54, 1.807) is 19.1 Å². The molecule has 128 valence electrons. The van der Waals surface area contributed by atoms with E-state index in [9.17, 15) is 19.2 Å². The highest BCUT2D eigenvalue weighted by Gasteiger charge is 2.35. The highest BCUT2D eigenvalue weighted by molar-refractivity contribution is 6.07. The molecule has 24 heavy (non-hydrogen) atoms. The van der Waals surface area contributed by atoms with E-state index < -0.39 is 23.8 Å². The van der Waals surface area contributed by atoms with Gasteiger partial charge in [-0.15, -0.1) is 0 Å². The van der Waals surface area contributed by atoms with Gasteiger partial charge in [0.2, 0.25) is 18.2 Å². The number of hydrogen-bond donors (Lipinski definition) is 2. The second kappa shape index (κ2) is 7.69. The van der Waals surface area contributed by atoms with Gasteiger partial charge in [0.25, 0.3) is 5.91 Å². The first-order valence-corrected chi connectivity index (χ1v) is 7.53. The fourth-order valence-corrected chi connectivity index (χ4v) is 2.45. The van der Waals surface area contributed by atoms with Crippen LogP contribution in [0, 0.1) is 6.92 Å². The van der Waals surface area contributed by atoms with E-state index >= 15 is 0 Å². The number of imide groups is 2. The van der Waals surface area contributed by atoms with Crippen LogP contribution in [-0.2, 0) is 14.4 Å². The van der Waals surface area contributed by atoms with Crippen LogP contribution in [0.4, 0.5) is 0 Å². The van der Waals surface area contributed by atoms with Crippen LogP contribution in [0.5, 0.6) is 5.75 Å². The molecule has 1 aliphatic heterocycles. The number of aryl methyl sites for hydroxylation is 1. The minimum absolute atomic E-state index is 0.0761. The van der Waals surface area contributed by atoms with E-state index in [1.807, 2.05) is 0 Å². The highest BCUT2D eigenvalue weighted by Crippen LogP contribution is 2.21. The lowest BCUT2D eigenvalue weighted by atomic mass is 10.0. The second-order valence-electron chi connectivity index (χ2n) is 5.40. The number of piperidine rings is 1. The summed E-state index contributed by atoms with van der Waals surface area (Å²) >= 11 is 0. The monoisotopic (exact) mass is 333 g/mol. The SMILES string of the molecule is Cc1ccc(OCCN)cc1C(=O)N(C=O)C1CCC(=O)NC1=O. The first-order valence-electron chi connectivity index (χ1n) is 7.53. The molecule has 1 aromatic rings. The molecule has 3 N–H and O–H groups in total. The lowest BCUT2D eigenvalue weighted by molar-refractivity contribution is -0.139. The third kappa shape index (κ3) is 3.77. The maximum absolute atomic E-state index is 12.7. The summed E-state index contributed by atoms with van der Waals surface area (Å²) in [6.07, 6.45) is 0.499. The number of hydrogen-bond acceptors (Lipinski definition) is 6. The lowest BCUT2D eigenvalue weighted by Crippen LogP contribution is -2.53. The lowest BCUT2D eigenvalue weighted by Gasteiger charge is -2.28. The molecule has 0 spiro atoms. The number of benzene rings is 1. The molecule has 0 aliphatic carbocycles. The summed E-state index contributed by atoms with van der Waals surface area (Å²) in [6.45, 7) is 2.34. The summed E-state index contributed by atoms with van der Waals surface area (Å²) in [6, 6.07) is 3.89. The quantitative estimate of drug-likeness (QED) is 0.547. The van der Waals surface area contributed by atoms with Crippen molar-refractivity contribution in [2.75, 3.05) is 13.2 Å². The molecule has 0 radical (unpaired) electrons. The van der Waals surface area contributed by atoms with Crippen LogP contribution < -0.4 is 15.8 Å². The second-order valence-corrected chi connectivity index (χ2v) is 5.40. The van der Waals surface area contributed by atoms with E-state index in [-0.39, 0.29) is 18.4 Å². The fraction of sp³-hybridized carbons (Fsp3) is 0.375. The maximum Gasteiger partial charge on any atom is 0.261 e. The van der Waals surface area contributed by atoms with Crippen LogP contribution in [0.15, 0.2) is 18.2 Å². The Labute approximate surface area is 138 Å². The number of nitrogens with one attached hydrogen (secondary N) is 1. The zero-order valence-electron chi connectivity index (χ0n) is 13.3. The predicted octanol–water partition coefficient (Wildman–Crippen LogP) is -0.264. The zero-order valence-corrected chi connectivity index (χ0v) is 13.3. The third-order valence-electron chi connectivity index (χ3n) is 3.72. The van der Waals surface area contributed by atoms with Gasteiger partial charge >= 0.3 is 0 Å². The molecule has 8 heteroatoms. The molecule has 1 saturated heterocycles. The molecule has 0 aromatic heterocycles. The van der Waals surface area contributed by atoms with Gasteiger partial charge in [-0.25, -0.2) is 0 Å². The number of amides is 4. The molecule has 2 rings (SSSR count). The topological polar surface area (TPSA) is 119 Å². The van der Waals surface area contributed by atoms with Crippen molar-refractivity contribution in [3.8, 4) is 5.75 Å². The molecular formula is C16H19N3O5. The molecule has 1 heterocycles. The summed E-state index contributed by atoms with van der Waals surface area (Å²) < 4.78 is 5.39. The first kappa shape index (κ1) is 17.6. The molecule has 4 amide bonds. The summed E-state index contributed by atoms with van der Waals surface area (Å²) in [7, 11) is 0. The molecule has 0 bridgehead atoms. The van der Waals surface area contributed by atoms with Gasteiger partial charge in [-0.3, -0.25) is 29.4 Å². The van der Waals surface area contributed by atoms with Gasteiger partial charge < -0.3 is 10.5 Å². The molecular weight excluding hydrogens is 314 g/mol. The van der Waals surface area contributed by atoms with Crippen LogP contribution in [0.2, 0.25) is 0 Å². The van der Waals surface area contributed by atoms with Crippen molar-refractivity contribution in [3.63, 3.8) is 0 Å². The molecule has 1 fully saturated rings. The van der Waals surface area contributed by atoms with Crippen molar-refractivity contribution in [2.24, 2.45) is 5.73 Å². The Kier molecular flexibility index (Phi) is 5.64. The minimum atomic E-state index is -0.999. The Bertz CT molecular complexity index is 674. The molecule has 8 nitrogen and oxygen atoms in total. The van der Waals surface area contributed by atoms with Crippen molar-refractivity contribution in [1.29, 1.82) is 0 Å². The molecule has 1 unspecified atom stereocenters. The van der Waals surface area contributed by atoms with Gasteiger partial charge in [0.05, 0.1) is 0 Å². The van der Waals surface area contributed by atoms with Gasteiger partial charge in [0, 0.05) is 18.5 Å². The smallest absolute Gasteiger partial charge is 0.261 e. The Morgan fingerprint density at radius 1 is 1.46 bits per heavy atom. The van der Waals surface area contributed by atoms with E-state index in [4.69, 9.17) is 10.5 Å². The molecule has 1 aliphatic rings. The van der Waals surface area contributed by atoms with Gasteiger partial charge in [-0.1, -0.05) is 6.07 Å². The van der Waals surface area contributed by atoms with Crippen LogP contribution >= 0.6 is 0 Å². The molecule has 1 atom stereocenters. The van der Waals surface area contributed by atoms with E-state index in [0.717, 1.165) is 4.90 Å². The van der Waals surface area contributed by atoms with Gasteiger partial charge in [-0.05, 0) is 31.0 Å². The number of rotatable bonds is 6. The number of carbonyl (C=O) groups excluding carboxylic acids is 4. The van der Waals surface area contributed by atoms with Gasteiger partial charge in [0.15, 0.2) is 0 Å². The summed E-state index contributed by atoms with van der Waals surface area (Å²) in [4.78, 5) is 48.1. The van der Waals surface area contributed by atoms with Crippen molar-refractivity contribution >= 4 is 24.1 Å².